The summed E-state index contributed by atoms with van der Waals surface area (Å²) in [6.45, 7) is 2.88. The summed E-state index contributed by atoms with van der Waals surface area (Å²) in [5.41, 5.74) is 10.0. The van der Waals surface area contributed by atoms with Gasteiger partial charge in [0.05, 0.1) is 29.1 Å². The number of hydrogen-bond donors (Lipinski definition) is 3. The van der Waals surface area contributed by atoms with Crippen molar-refractivity contribution in [2.75, 3.05) is 19.6 Å². The van der Waals surface area contributed by atoms with Crippen LogP contribution in [-0.2, 0) is 0 Å². The molecule has 2 aliphatic rings. The van der Waals surface area contributed by atoms with Crippen molar-refractivity contribution in [1.29, 1.82) is 0 Å². The maximum absolute atomic E-state index is 5.09. The first-order chi connectivity index (χ1) is 18.3. The quantitative estimate of drug-likeness (QED) is 0.272. The minimum atomic E-state index is 0.667. The van der Waals surface area contributed by atoms with Crippen LogP contribution in [0.25, 0.3) is 50.2 Å². The third kappa shape index (κ3) is 4.32. The summed E-state index contributed by atoms with van der Waals surface area (Å²) in [6, 6.07) is 10.4. The maximum Gasteiger partial charge on any atom is 0.135 e. The standard InChI is InChI=1S/C29H27N7S/c1-2-25-28(34-23(1)20-5-10-31-16-19(14-20)13-18-3-8-30-9-4-18)29(36-35-25)26-15-22-24(33-26)6-11-32-27(22)21-7-12-37-17-21/h1-2,5-7,11-12,14-18,30,33H,3-4,8-10,13H2,(H,35,36). The first kappa shape index (κ1) is 22.3. The van der Waals surface area contributed by atoms with Crippen molar-refractivity contribution < 1.29 is 0 Å². The second kappa shape index (κ2) is 9.53. The molecule has 7 rings (SSSR count). The fourth-order valence-corrected chi connectivity index (χ4v) is 6.02. The molecule has 0 saturated carbocycles. The number of rotatable bonds is 5. The molecule has 0 amide bonds. The highest BCUT2D eigenvalue weighted by molar-refractivity contribution is 7.08. The molecule has 0 spiro atoms. The summed E-state index contributed by atoms with van der Waals surface area (Å²) in [5.74, 6) is 0.713. The Morgan fingerprint density at radius 1 is 1.03 bits per heavy atom. The first-order valence-corrected chi connectivity index (χ1v) is 13.7. The normalized spacial score (nSPS) is 16.8. The van der Waals surface area contributed by atoms with Crippen LogP contribution in [0.3, 0.4) is 0 Å². The minimum absolute atomic E-state index is 0.667. The molecular formula is C29H27N7S. The lowest BCUT2D eigenvalue weighted by molar-refractivity contribution is 0.375. The number of fused-ring (bicyclic) bond motifs is 2. The third-order valence-corrected chi connectivity index (χ3v) is 7.98. The van der Waals surface area contributed by atoms with Crippen LogP contribution in [-0.4, -0.2) is 51.0 Å². The Labute approximate surface area is 218 Å². The van der Waals surface area contributed by atoms with Crippen LogP contribution < -0.4 is 5.32 Å². The van der Waals surface area contributed by atoms with Gasteiger partial charge in [-0.25, -0.2) is 4.98 Å². The molecule has 2 aliphatic heterocycles. The van der Waals surface area contributed by atoms with Gasteiger partial charge in [0.25, 0.3) is 0 Å². The van der Waals surface area contributed by atoms with E-state index in [1.807, 2.05) is 12.3 Å². The monoisotopic (exact) mass is 505 g/mol. The van der Waals surface area contributed by atoms with Crippen LogP contribution in [0, 0.1) is 5.92 Å². The average molecular weight is 506 g/mol. The summed E-state index contributed by atoms with van der Waals surface area (Å²) < 4.78 is 0. The number of H-pyrrole nitrogens is 2. The predicted molar refractivity (Wildman–Crippen MR) is 152 cm³/mol. The molecule has 184 valence electrons. The average Bonchev–Trinajstić information content (AvgIpc) is 3.66. The highest BCUT2D eigenvalue weighted by atomic mass is 32.1. The zero-order valence-corrected chi connectivity index (χ0v) is 21.2. The van der Waals surface area contributed by atoms with Crippen molar-refractivity contribution in [3.05, 3.63) is 70.7 Å². The van der Waals surface area contributed by atoms with Crippen molar-refractivity contribution in [3.8, 4) is 22.6 Å². The van der Waals surface area contributed by atoms with Crippen LogP contribution in [0.5, 0.6) is 0 Å². The Bertz CT molecular complexity index is 1660. The molecule has 0 aromatic carbocycles. The first-order valence-electron chi connectivity index (χ1n) is 12.8. The lowest BCUT2D eigenvalue weighted by Crippen LogP contribution is -2.28. The second-order valence-corrected chi connectivity index (χ2v) is 10.5. The summed E-state index contributed by atoms with van der Waals surface area (Å²) in [5, 5.41) is 16.6. The van der Waals surface area contributed by atoms with Gasteiger partial charge >= 0.3 is 0 Å². The summed E-state index contributed by atoms with van der Waals surface area (Å²) in [4.78, 5) is 17.9. The molecule has 0 bridgehead atoms. The number of piperidine rings is 1. The van der Waals surface area contributed by atoms with E-state index >= 15 is 0 Å². The predicted octanol–water partition coefficient (Wildman–Crippen LogP) is 6.01. The number of aromatic amines is 2. The highest BCUT2D eigenvalue weighted by Crippen LogP contribution is 2.34. The number of nitrogens with one attached hydrogen (secondary N) is 3. The fraction of sp³-hybridized carbons (Fsp3) is 0.241. The Morgan fingerprint density at radius 3 is 2.86 bits per heavy atom. The van der Waals surface area contributed by atoms with Gasteiger partial charge in [-0.2, -0.15) is 16.4 Å². The molecule has 0 atom stereocenters. The number of nitrogens with zero attached hydrogens (tertiary/aromatic N) is 4. The highest BCUT2D eigenvalue weighted by Gasteiger charge is 2.18. The molecule has 0 aliphatic carbocycles. The molecule has 3 N–H and O–H groups in total. The van der Waals surface area contributed by atoms with E-state index < -0.39 is 0 Å². The van der Waals surface area contributed by atoms with Crippen LogP contribution in [0.4, 0.5) is 0 Å². The molecule has 37 heavy (non-hydrogen) atoms. The lowest BCUT2D eigenvalue weighted by atomic mass is 9.90. The number of aromatic nitrogens is 5. The van der Waals surface area contributed by atoms with Gasteiger partial charge in [0.15, 0.2) is 0 Å². The van der Waals surface area contributed by atoms with E-state index in [0.717, 1.165) is 75.4 Å². The second-order valence-electron chi connectivity index (χ2n) is 9.75. The van der Waals surface area contributed by atoms with Crippen molar-refractivity contribution in [3.63, 3.8) is 0 Å². The Balaban J connectivity index is 1.25. The lowest BCUT2D eigenvalue weighted by Gasteiger charge is -2.22. The zero-order chi connectivity index (χ0) is 24.6. The zero-order valence-electron chi connectivity index (χ0n) is 20.4. The Morgan fingerprint density at radius 2 is 1.97 bits per heavy atom. The van der Waals surface area contributed by atoms with Gasteiger partial charge in [-0.05, 0) is 91.2 Å². The van der Waals surface area contributed by atoms with Crippen molar-refractivity contribution in [2.24, 2.45) is 10.9 Å². The Kier molecular flexibility index (Phi) is 5.75. The van der Waals surface area contributed by atoms with Crippen molar-refractivity contribution in [1.82, 2.24) is 30.5 Å². The van der Waals surface area contributed by atoms with Crippen LogP contribution in [0.2, 0.25) is 0 Å². The molecule has 7 nitrogen and oxygen atoms in total. The molecule has 8 heteroatoms. The van der Waals surface area contributed by atoms with E-state index in [-0.39, 0.29) is 0 Å². The maximum atomic E-state index is 5.09. The number of hydrogen-bond acceptors (Lipinski definition) is 6. The van der Waals surface area contributed by atoms with E-state index in [1.54, 1.807) is 11.3 Å². The van der Waals surface area contributed by atoms with E-state index in [9.17, 15) is 0 Å². The summed E-state index contributed by atoms with van der Waals surface area (Å²) in [6.07, 6.45) is 11.9. The minimum Gasteiger partial charge on any atom is -0.353 e. The smallest absolute Gasteiger partial charge is 0.135 e. The van der Waals surface area contributed by atoms with E-state index in [2.05, 4.69) is 83.9 Å². The van der Waals surface area contributed by atoms with E-state index in [0.29, 0.717) is 12.5 Å². The van der Waals surface area contributed by atoms with Gasteiger partial charge in [0.1, 0.15) is 11.2 Å². The number of allylic oxidation sites excluding steroid dienone is 3. The molecule has 1 fully saturated rings. The van der Waals surface area contributed by atoms with Crippen molar-refractivity contribution >= 4 is 45.1 Å². The summed E-state index contributed by atoms with van der Waals surface area (Å²) >= 11 is 1.68. The molecule has 0 radical (unpaired) electrons. The van der Waals surface area contributed by atoms with Gasteiger partial charge in [0.2, 0.25) is 0 Å². The largest absolute Gasteiger partial charge is 0.353 e. The molecule has 7 heterocycles. The number of aliphatic imine (C=N–C) groups is 1. The van der Waals surface area contributed by atoms with Crippen LogP contribution >= 0.6 is 11.3 Å². The van der Waals surface area contributed by atoms with Gasteiger partial charge in [-0.15, -0.1) is 0 Å². The number of pyridine rings is 2. The topological polar surface area (TPSA) is 94.6 Å². The van der Waals surface area contributed by atoms with Crippen molar-refractivity contribution in [2.45, 2.75) is 19.3 Å². The van der Waals surface area contributed by atoms with Gasteiger partial charge in [-0.3, -0.25) is 15.1 Å². The summed E-state index contributed by atoms with van der Waals surface area (Å²) in [7, 11) is 0. The van der Waals surface area contributed by atoms with Gasteiger partial charge in [-0.1, -0.05) is 6.08 Å². The SMILES string of the molecule is C1=NCC=C(c2ccc3[nH]nc(-c4cc5c(-c6ccsc6)nccc5[nH]4)c3n2)C=C1CC1CCNCC1. The van der Waals surface area contributed by atoms with Crippen LogP contribution in [0.1, 0.15) is 25.0 Å². The molecule has 5 aromatic rings. The molecule has 0 unspecified atom stereocenters. The van der Waals surface area contributed by atoms with E-state index in [4.69, 9.17) is 4.98 Å². The van der Waals surface area contributed by atoms with Crippen LogP contribution in [0.15, 0.2) is 70.0 Å². The van der Waals surface area contributed by atoms with Gasteiger partial charge in [0, 0.05) is 34.3 Å². The number of thiophene rings is 1. The van der Waals surface area contributed by atoms with Gasteiger partial charge < -0.3 is 10.3 Å². The van der Waals surface area contributed by atoms with E-state index in [1.165, 1.54) is 18.4 Å². The molecule has 5 aromatic heterocycles. The molecule has 1 saturated heterocycles. The molecular weight excluding hydrogens is 478 g/mol. The Hall–Kier alpha value is -3.88. The third-order valence-electron chi connectivity index (χ3n) is 7.30. The fourth-order valence-electron chi connectivity index (χ4n) is 5.38.